The highest BCUT2D eigenvalue weighted by atomic mass is 32.2. The van der Waals surface area contributed by atoms with Gasteiger partial charge in [0.25, 0.3) is 5.91 Å². The van der Waals surface area contributed by atoms with Crippen molar-refractivity contribution in [3.05, 3.63) is 54.0 Å². The zero-order valence-electron chi connectivity index (χ0n) is 15.0. The number of amides is 2. The molecule has 26 heavy (non-hydrogen) atoms. The number of carbonyl (C=O) groups is 2. The Morgan fingerprint density at radius 3 is 2.81 bits per heavy atom. The van der Waals surface area contributed by atoms with Crippen LogP contribution in [0.2, 0.25) is 0 Å². The molecule has 0 radical (unpaired) electrons. The largest absolute Gasteiger partial charge is 0.467 e. The van der Waals surface area contributed by atoms with Crippen LogP contribution in [0.4, 0.5) is 5.69 Å². The van der Waals surface area contributed by atoms with Crippen LogP contribution < -0.4 is 4.90 Å². The smallest absolute Gasteiger partial charge is 0.251 e. The van der Waals surface area contributed by atoms with E-state index in [0.717, 1.165) is 23.4 Å². The fourth-order valence-electron chi connectivity index (χ4n) is 3.76. The third kappa shape index (κ3) is 2.92. The quantitative estimate of drug-likeness (QED) is 0.826. The average Bonchev–Trinajstić information content (AvgIpc) is 3.32. The van der Waals surface area contributed by atoms with Gasteiger partial charge in [0.1, 0.15) is 11.8 Å². The van der Waals surface area contributed by atoms with Gasteiger partial charge in [0.05, 0.1) is 17.7 Å². The van der Waals surface area contributed by atoms with Crippen LogP contribution in [0.25, 0.3) is 0 Å². The normalized spacial score (nSPS) is 24.8. The maximum absolute atomic E-state index is 13.5. The number of benzene rings is 1. The van der Waals surface area contributed by atoms with Gasteiger partial charge in [0.15, 0.2) is 0 Å². The molecule has 2 amide bonds. The second-order valence-corrected chi connectivity index (χ2v) is 8.61. The molecule has 5 nitrogen and oxygen atoms in total. The second kappa shape index (κ2) is 6.50. The molecular formula is C20H22N2O3S. The van der Waals surface area contributed by atoms with Crippen molar-refractivity contribution in [2.24, 2.45) is 0 Å². The lowest BCUT2D eigenvalue weighted by molar-refractivity contribution is -0.136. The maximum Gasteiger partial charge on any atom is 0.251 e. The van der Waals surface area contributed by atoms with Crippen molar-refractivity contribution in [1.29, 1.82) is 0 Å². The third-order valence-electron chi connectivity index (χ3n) is 5.24. The fraction of sp³-hybridized carbons (Fsp3) is 0.400. The van der Waals surface area contributed by atoms with Crippen LogP contribution in [0.1, 0.15) is 31.1 Å². The van der Waals surface area contributed by atoms with Gasteiger partial charge < -0.3 is 14.2 Å². The number of rotatable bonds is 4. The summed E-state index contributed by atoms with van der Waals surface area (Å²) >= 11 is 1.71. The van der Waals surface area contributed by atoms with Gasteiger partial charge in [-0.05, 0) is 44.5 Å². The molecule has 1 aromatic heterocycles. The molecular weight excluding hydrogens is 348 g/mol. The van der Waals surface area contributed by atoms with Crippen LogP contribution in [0.3, 0.4) is 0 Å². The number of hydrogen-bond donors (Lipinski definition) is 0. The Morgan fingerprint density at radius 2 is 2.12 bits per heavy atom. The lowest BCUT2D eigenvalue weighted by Crippen LogP contribution is -2.51. The van der Waals surface area contributed by atoms with Crippen molar-refractivity contribution < 1.29 is 14.0 Å². The first kappa shape index (κ1) is 17.2. The monoisotopic (exact) mass is 370 g/mol. The summed E-state index contributed by atoms with van der Waals surface area (Å²) in [6.45, 7) is 4.44. The van der Waals surface area contributed by atoms with Crippen molar-refractivity contribution in [3.63, 3.8) is 0 Å². The number of thioether (sulfide) groups is 1. The summed E-state index contributed by atoms with van der Waals surface area (Å²) < 4.78 is 5.47. The van der Waals surface area contributed by atoms with Crippen LogP contribution >= 0.6 is 11.8 Å². The number of nitrogens with zero attached hydrogens (tertiary/aromatic N) is 2. The van der Waals surface area contributed by atoms with Crippen molar-refractivity contribution in [2.45, 2.75) is 44.1 Å². The van der Waals surface area contributed by atoms with Crippen LogP contribution in [-0.2, 0) is 16.1 Å². The van der Waals surface area contributed by atoms with E-state index in [9.17, 15) is 9.59 Å². The zero-order valence-corrected chi connectivity index (χ0v) is 15.8. The van der Waals surface area contributed by atoms with E-state index >= 15 is 0 Å². The Labute approximate surface area is 157 Å². The molecule has 0 spiro atoms. The van der Waals surface area contributed by atoms with Crippen LogP contribution in [-0.4, -0.2) is 33.4 Å². The molecule has 0 aliphatic carbocycles. The van der Waals surface area contributed by atoms with Gasteiger partial charge in [0.2, 0.25) is 5.91 Å². The van der Waals surface area contributed by atoms with Crippen molar-refractivity contribution in [3.8, 4) is 0 Å². The Kier molecular flexibility index (Phi) is 4.31. The Bertz CT molecular complexity index is 818. The minimum Gasteiger partial charge on any atom is -0.467 e. The first-order valence-corrected chi connectivity index (χ1v) is 9.83. The SMILES string of the molecule is Cc1ccc(N(Cc2ccco2)C(=O)[C@H]2CS[C@]3(C)CCC(=O)N23)cc1. The van der Waals surface area contributed by atoms with Gasteiger partial charge in [0, 0.05) is 17.9 Å². The Morgan fingerprint density at radius 1 is 1.35 bits per heavy atom. The molecule has 1 aromatic carbocycles. The first-order valence-electron chi connectivity index (χ1n) is 8.84. The lowest BCUT2D eigenvalue weighted by Gasteiger charge is -2.33. The minimum absolute atomic E-state index is 0.0447. The zero-order chi connectivity index (χ0) is 18.3. The predicted molar refractivity (Wildman–Crippen MR) is 102 cm³/mol. The van der Waals surface area contributed by atoms with Gasteiger partial charge in [-0.25, -0.2) is 0 Å². The highest BCUT2D eigenvalue weighted by Crippen LogP contribution is 2.47. The van der Waals surface area contributed by atoms with Gasteiger partial charge in [-0.1, -0.05) is 17.7 Å². The highest BCUT2D eigenvalue weighted by molar-refractivity contribution is 8.01. The molecule has 2 aromatic rings. The molecule has 6 heteroatoms. The Balaban J connectivity index is 1.66. The van der Waals surface area contributed by atoms with Gasteiger partial charge in [-0.15, -0.1) is 11.8 Å². The van der Waals surface area contributed by atoms with E-state index in [1.165, 1.54) is 0 Å². The molecule has 2 aliphatic heterocycles. The molecule has 2 fully saturated rings. The minimum atomic E-state index is -0.420. The molecule has 3 heterocycles. The first-order chi connectivity index (χ1) is 12.5. The third-order valence-corrected chi connectivity index (χ3v) is 6.74. The van der Waals surface area contributed by atoms with Crippen molar-refractivity contribution in [2.75, 3.05) is 10.7 Å². The van der Waals surface area contributed by atoms with Crippen molar-refractivity contribution in [1.82, 2.24) is 4.90 Å². The lowest BCUT2D eigenvalue weighted by atomic mass is 10.1. The maximum atomic E-state index is 13.5. The number of aryl methyl sites for hydroxylation is 1. The second-order valence-electron chi connectivity index (χ2n) is 7.10. The van der Waals surface area contributed by atoms with E-state index < -0.39 is 6.04 Å². The number of anilines is 1. The number of carbonyl (C=O) groups excluding carboxylic acids is 2. The molecule has 0 bridgehead atoms. The topological polar surface area (TPSA) is 53.8 Å². The number of hydrogen-bond acceptors (Lipinski definition) is 4. The molecule has 4 rings (SSSR count). The van der Waals surface area contributed by atoms with Crippen molar-refractivity contribution >= 4 is 29.3 Å². The summed E-state index contributed by atoms with van der Waals surface area (Å²) in [7, 11) is 0. The van der Waals surface area contributed by atoms with E-state index in [4.69, 9.17) is 4.42 Å². The predicted octanol–water partition coefficient (Wildman–Crippen LogP) is 3.58. The number of furan rings is 1. The summed E-state index contributed by atoms with van der Waals surface area (Å²) in [5.41, 5.74) is 1.96. The molecule has 0 saturated carbocycles. The van der Waals surface area contributed by atoms with E-state index in [1.54, 1.807) is 22.9 Å². The van der Waals surface area contributed by atoms with E-state index in [-0.39, 0.29) is 16.7 Å². The van der Waals surface area contributed by atoms with Gasteiger partial charge in [-0.3, -0.25) is 9.59 Å². The summed E-state index contributed by atoms with van der Waals surface area (Å²) in [5.74, 6) is 1.40. The summed E-state index contributed by atoms with van der Waals surface area (Å²) in [6, 6.07) is 11.1. The molecule has 0 N–H and O–H groups in total. The molecule has 2 atom stereocenters. The van der Waals surface area contributed by atoms with Crippen LogP contribution in [0.5, 0.6) is 0 Å². The average molecular weight is 370 g/mol. The fourth-order valence-corrected chi connectivity index (χ4v) is 5.19. The molecule has 136 valence electrons. The molecule has 2 saturated heterocycles. The Hall–Kier alpha value is -2.21. The van der Waals surface area contributed by atoms with E-state index in [1.807, 2.05) is 48.2 Å². The van der Waals surface area contributed by atoms with Crippen LogP contribution in [0.15, 0.2) is 47.1 Å². The summed E-state index contributed by atoms with van der Waals surface area (Å²) in [4.78, 5) is 29.2. The number of fused-ring (bicyclic) bond motifs is 1. The van der Waals surface area contributed by atoms with E-state index in [2.05, 4.69) is 6.92 Å². The molecule has 2 aliphatic rings. The van der Waals surface area contributed by atoms with Gasteiger partial charge in [-0.2, -0.15) is 0 Å². The van der Waals surface area contributed by atoms with Crippen LogP contribution in [0, 0.1) is 6.92 Å². The van der Waals surface area contributed by atoms with E-state index in [0.29, 0.717) is 18.7 Å². The summed E-state index contributed by atoms with van der Waals surface area (Å²) in [5, 5.41) is 0. The highest BCUT2D eigenvalue weighted by Gasteiger charge is 2.53. The summed E-state index contributed by atoms with van der Waals surface area (Å²) in [6.07, 6.45) is 2.94. The standard InChI is InChI=1S/C20H22N2O3S/c1-14-5-7-15(8-6-14)21(12-16-4-3-11-25-16)19(24)17-13-26-20(2)10-9-18(23)22(17)20/h3-8,11,17H,9-10,12-13H2,1-2H3/t17-,20-/m1/s1. The molecule has 0 unspecified atom stereocenters. The van der Waals surface area contributed by atoms with Gasteiger partial charge >= 0.3 is 0 Å².